The molecule has 0 saturated heterocycles. The lowest BCUT2D eigenvalue weighted by molar-refractivity contribution is 0.256. The predicted octanol–water partition coefficient (Wildman–Crippen LogP) is 2.07. The third-order valence-electron chi connectivity index (χ3n) is 2.79. The van der Waals surface area contributed by atoms with Crippen molar-refractivity contribution in [2.24, 2.45) is 17.4 Å². The van der Waals surface area contributed by atoms with Crippen LogP contribution < -0.4 is 16.2 Å². The van der Waals surface area contributed by atoms with Crippen molar-refractivity contribution in [1.29, 1.82) is 0 Å². The highest BCUT2D eigenvalue weighted by atomic mass is 16.5. The van der Waals surface area contributed by atoms with E-state index in [-0.39, 0.29) is 6.04 Å². The third-order valence-corrected chi connectivity index (χ3v) is 2.79. The van der Waals surface area contributed by atoms with E-state index in [0.29, 0.717) is 12.5 Å². The Labute approximate surface area is 97.8 Å². The maximum Gasteiger partial charge on any atom is 0.119 e. The van der Waals surface area contributed by atoms with Crippen LogP contribution in [0.2, 0.25) is 0 Å². The summed E-state index contributed by atoms with van der Waals surface area (Å²) in [6.07, 6.45) is 1.14. The van der Waals surface area contributed by atoms with Gasteiger partial charge in [-0.05, 0) is 23.6 Å². The highest BCUT2D eigenvalue weighted by Crippen LogP contribution is 2.16. The number of nitrogens with two attached hydrogens (primary N) is 2. The minimum absolute atomic E-state index is 0.0800. The fourth-order valence-corrected chi connectivity index (χ4v) is 1.30. The van der Waals surface area contributed by atoms with Gasteiger partial charge in [-0.1, -0.05) is 32.4 Å². The van der Waals surface area contributed by atoms with E-state index in [1.807, 2.05) is 24.3 Å². The van der Waals surface area contributed by atoms with Crippen LogP contribution in [0.3, 0.4) is 0 Å². The van der Waals surface area contributed by atoms with Crippen LogP contribution >= 0.6 is 0 Å². The average Bonchev–Trinajstić information content (AvgIpc) is 2.35. The fraction of sp³-hybridized carbons (Fsp3) is 0.538. The molecule has 1 aromatic rings. The zero-order valence-corrected chi connectivity index (χ0v) is 10.1. The fourth-order valence-electron chi connectivity index (χ4n) is 1.30. The van der Waals surface area contributed by atoms with Gasteiger partial charge in [-0.2, -0.15) is 0 Å². The predicted molar refractivity (Wildman–Crippen MR) is 67.4 cm³/mol. The molecule has 0 amide bonds. The molecule has 0 unspecified atom stereocenters. The molecule has 0 bridgehead atoms. The monoisotopic (exact) mass is 222 g/mol. The standard InChI is InChI=1S/C13H22N2O/c1-3-10(2)9-16-12-6-4-11(5-7-12)13(15)8-14/h4-7,10,13H,3,8-9,14-15H2,1-2H3/t10-,13-/m0/s1. The molecule has 0 aliphatic carbocycles. The molecule has 0 fully saturated rings. The lowest BCUT2D eigenvalue weighted by atomic mass is 10.1. The molecule has 1 aromatic carbocycles. The molecule has 0 spiro atoms. The Kier molecular flexibility index (Phi) is 5.29. The maximum atomic E-state index is 5.82. The summed E-state index contributed by atoms with van der Waals surface area (Å²) in [6.45, 7) is 5.57. The Hall–Kier alpha value is -1.06. The van der Waals surface area contributed by atoms with Crippen molar-refractivity contribution in [3.8, 4) is 5.75 Å². The molecular weight excluding hydrogens is 200 g/mol. The molecule has 0 radical (unpaired) electrons. The minimum atomic E-state index is -0.0800. The number of hydrogen-bond acceptors (Lipinski definition) is 3. The van der Waals surface area contributed by atoms with Crippen molar-refractivity contribution < 1.29 is 4.74 Å². The van der Waals surface area contributed by atoms with Gasteiger partial charge in [0.05, 0.1) is 6.61 Å². The highest BCUT2D eigenvalue weighted by Gasteiger charge is 2.04. The average molecular weight is 222 g/mol. The van der Waals surface area contributed by atoms with Crippen LogP contribution in [0, 0.1) is 5.92 Å². The van der Waals surface area contributed by atoms with E-state index in [9.17, 15) is 0 Å². The molecule has 0 aromatic heterocycles. The lowest BCUT2D eigenvalue weighted by Crippen LogP contribution is -2.20. The van der Waals surface area contributed by atoms with Crippen LogP contribution in [-0.2, 0) is 0 Å². The van der Waals surface area contributed by atoms with E-state index in [1.165, 1.54) is 0 Å². The van der Waals surface area contributed by atoms with Crippen LogP contribution in [0.25, 0.3) is 0 Å². The van der Waals surface area contributed by atoms with Gasteiger partial charge in [-0.25, -0.2) is 0 Å². The number of ether oxygens (including phenoxy) is 1. The normalized spacial score (nSPS) is 14.5. The topological polar surface area (TPSA) is 61.3 Å². The van der Waals surface area contributed by atoms with Crippen LogP contribution in [0.5, 0.6) is 5.75 Å². The summed E-state index contributed by atoms with van der Waals surface area (Å²) in [6, 6.07) is 7.77. The molecule has 3 nitrogen and oxygen atoms in total. The smallest absolute Gasteiger partial charge is 0.119 e. The minimum Gasteiger partial charge on any atom is -0.493 e. The Morgan fingerprint density at radius 1 is 1.25 bits per heavy atom. The van der Waals surface area contributed by atoms with E-state index in [2.05, 4.69) is 13.8 Å². The molecule has 0 aliphatic heterocycles. The zero-order valence-electron chi connectivity index (χ0n) is 10.1. The van der Waals surface area contributed by atoms with Gasteiger partial charge in [0.15, 0.2) is 0 Å². The summed E-state index contributed by atoms with van der Waals surface area (Å²) in [7, 11) is 0. The van der Waals surface area contributed by atoms with Crippen molar-refractivity contribution in [3.05, 3.63) is 29.8 Å². The summed E-state index contributed by atoms with van der Waals surface area (Å²) >= 11 is 0. The van der Waals surface area contributed by atoms with Crippen LogP contribution in [-0.4, -0.2) is 13.2 Å². The van der Waals surface area contributed by atoms with Crippen LogP contribution in [0.1, 0.15) is 31.9 Å². The lowest BCUT2D eigenvalue weighted by Gasteiger charge is -2.13. The Balaban J connectivity index is 2.51. The van der Waals surface area contributed by atoms with Crippen molar-refractivity contribution in [2.75, 3.05) is 13.2 Å². The summed E-state index contributed by atoms with van der Waals surface area (Å²) in [4.78, 5) is 0. The number of benzene rings is 1. The highest BCUT2D eigenvalue weighted by molar-refractivity contribution is 5.29. The van der Waals surface area contributed by atoms with Crippen LogP contribution in [0.15, 0.2) is 24.3 Å². The van der Waals surface area contributed by atoms with Gasteiger partial charge in [0.25, 0.3) is 0 Å². The zero-order chi connectivity index (χ0) is 12.0. The van der Waals surface area contributed by atoms with Gasteiger partial charge in [-0.3, -0.25) is 0 Å². The van der Waals surface area contributed by atoms with Crippen molar-refractivity contribution in [2.45, 2.75) is 26.3 Å². The first kappa shape index (κ1) is 13.0. The summed E-state index contributed by atoms with van der Waals surface area (Å²) in [5.41, 5.74) is 12.4. The molecule has 0 saturated carbocycles. The van der Waals surface area contributed by atoms with E-state index in [0.717, 1.165) is 24.3 Å². The van der Waals surface area contributed by atoms with Crippen molar-refractivity contribution in [3.63, 3.8) is 0 Å². The molecule has 0 aliphatic rings. The van der Waals surface area contributed by atoms with Gasteiger partial charge in [-0.15, -0.1) is 0 Å². The third kappa shape index (κ3) is 3.83. The van der Waals surface area contributed by atoms with E-state index in [4.69, 9.17) is 16.2 Å². The molecule has 2 atom stereocenters. The van der Waals surface area contributed by atoms with E-state index >= 15 is 0 Å². The molecule has 90 valence electrons. The quantitative estimate of drug-likeness (QED) is 0.774. The van der Waals surface area contributed by atoms with Crippen molar-refractivity contribution >= 4 is 0 Å². The summed E-state index contributed by atoms with van der Waals surface area (Å²) < 4.78 is 5.65. The second-order valence-corrected chi connectivity index (χ2v) is 4.24. The largest absolute Gasteiger partial charge is 0.493 e. The molecule has 3 heteroatoms. The maximum absolute atomic E-state index is 5.82. The Bertz CT molecular complexity index is 297. The van der Waals surface area contributed by atoms with Gasteiger partial charge < -0.3 is 16.2 Å². The molecule has 16 heavy (non-hydrogen) atoms. The summed E-state index contributed by atoms with van der Waals surface area (Å²) in [5, 5.41) is 0. The SMILES string of the molecule is CC[C@H](C)COc1ccc([C@@H](N)CN)cc1. The first-order valence-corrected chi connectivity index (χ1v) is 5.85. The molecule has 1 rings (SSSR count). The van der Waals surface area contributed by atoms with Gasteiger partial charge in [0, 0.05) is 12.6 Å². The van der Waals surface area contributed by atoms with Crippen molar-refractivity contribution in [1.82, 2.24) is 0 Å². The Morgan fingerprint density at radius 2 is 1.88 bits per heavy atom. The summed E-state index contributed by atoms with van der Waals surface area (Å²) in [5.74, 6) is 1.49. The van der Waals surface area contributed by atoms with Crippen LogP contribution in [0.4, 0.5) is 0 Å². The molecule has 0 heterocycles. The number of rotatable bonds is 6. The van der Waals surface area contributed by atoms with Gasteiger partial charge in [0.1, 0.15) is 5.75 Å². The number of hydrogen-bond donors (Lipinski definition) is 2. The van der Waals surface area contributed by atoms with Gasteiger partial charge in [0.2, 0.25) is 0 Å². The van der Waals surface area contributed by atoms with E-state index < -0.39 is 0 Å². The van der Waals surface area contributed by atoms with Gasteiger partial charge >= 0.3 is 0 Å². The second kappa shape index (κ2) is 6.51. The Morgan fingerprint density at radius 3 is 2.38 bits per heavy atom. The first-order valence-electron chi connectivity index (χ1n) is 5.85. The first-order chi connectivity index (χ1) is 7.67. The molecule has 4 N–H and O–H groups in total. The molecular formula is C13H22N2O. The second-order valence-electron chi connectivity index (χ2n) is 4.24. The van der Waals surface area contributed by atoms with E-state index in [1.54, 1.807) is 0 Å².